The zero-order valence-electron chi connectivity index (χ0n) is 37.0. The van der Waals surface area contributed by atoms with Crippen molar-refractivity contribution in [3.8, 4) is 0 Å². The predicted octanol–water partition coefficient (Wildman–Crippen LogP) is -13.7. The minimum absolute atomic E-state index is 0. The number of nitrogens with one attached hydrogen (secondary N) is 6. The van der Waals surface area contributed by atoms with Gasteiger partial charge in [0.05, 0.1) is 81.2 Å². The van der Waals surface area contributed by atoms with Crippen molar-refractivity contribution in [1.29, 1.82) is 0 Å². The van der Waals surface area contributed by atoms with Gasteiger partial charge in [0.1, 0.15) is 20.2 Å². The van der Waals surface area contributed by atoms with E-state index in [1.54, 1.807) is 0 Å². The van der Waals surface area contributed by atoms with Crippen LogP contribution in [0.15, 0.2) is 46.2 Å². The molecule has 0 aliphatic heterocycles. The van der Waals surface area contributed by atoms with Crippen LogP contribution in [0.1, 0.15) is 11.1 Å². The standard InChI is InChI=1S/C32H44N12O16S4.4Na/c45-11-15-59-13-7-33-27-39-29(35-9-17-61(47,48)49)43-31(41-27)37-23-5-3-21(25(19-23)63(53,54)55)1-2-22-4-6-24(20-26(22)64(56,57)58)38-32-42-28(34-8-14-60-16-12-46)40-30(44-32)36-10-18-62(50,51)52;;;;/h1-6,19-20,45-46H,7-18H2,(H,47,48,49)(H,50,51,52)(H,53,54,55)(H,56,57,58)(H3,33,35,37,39,41,43)(H3,34,36,38,40,42,44);;;;/q;4*+1/p-4/b2-1+;;;;. The van der Waals surface area contributed by atoms with Gasteiger partial charge in [0.15, 0.2) is 0 Å². The van der Waals surface area contributed by atoms with Gasteiger partial charge in [0.25, 0.3) is 0 Å². The number of aromatic nitrogens is 6. The Hall–Kier alpha value is -1.52. The van der Waals surface area contributed by atoms with E-state index in [1.165, 1.54) is 24.3 Å². The van der Waals surface area contributed by atoms with Gasteiger partial charge in [-0.2, -0.15) is 29.9 Å². The van der Waals surface area contributed by atoms with E-state index in [4.69, 9.17) is 19.7 Å². The molecule has 0 radical (unpaired) electrons. The Bertz CT molecular complexity index is 2540. The van der Waals surface area contributed by atoms with Gasteiger partial charge in [0, 0.05) is 37.6 Å². The van der Waals surface area contributed by atoms with Crippen LogP contribution in [-0.2, 0) is 49.9 Å². The first-order valence-corrected chi connectivity index (χ1v) is 24.2. The van der Waals surface area contributed by atoms with Crippen molar-refractivity contribution < 1.29 is 190 Å². The Morgan fingerprint density at radius 1 is 0.471 bits per heavy atom. The number of nitrogens with zero attached hydrogens (tertiary/aromatic N) is 6. The quantitative estimate of drug-likeness (QED) is 0.0113. The Morgan fingerprint density at radius 2 is 0.779 bits per heavy atom. The Kier molecular flexibility index (Phi) is 31.1. The minimum atomic E-state index is -5.24. The van der Waals surface area contributed by atoms with Crippen molar-refractivity contribution in [2.75, 3.05) is 109 Å². The molecule has 2 aromatic heterocycles. The van der Waals surface area contributed by atoms with E-state index >= 15 is 0 Å². The molecule has 0 saturated carbocycles. The van der Waals surface area contributed by atoms with Crippen molar-refractivity contribution in [1.82, 2.24) is 29.9 Å². The number of aliphatic hydroxyl groups excluding tert-OH is 2. The van der Waals surface area contributed by atoms with Gasteiger partial charge in [-0.25, -0.2) is 33.7 Å². The van der Waals surface area contributed by atoms with Gasteiger partial charge >= 0.3 is 118 Å². The van der Waals surface area contributed by atoms with Gasteiger partial charge < -0.3 is 69.8 Å². The molecule has 4 rings (SSSR count). The first-order chi connectivity index (χ1) is 30.1. The molecule has 0 spiro atoms. The van der Waals surface area contributed by atoms with Crippen LogP contribution < -0.4 is 150 Å². The van der Waals surface area contributed by atoms with E-state index < -0.39 is 61.8 Å². The summed E-state index contributed by atoms with van der Waals surface area (Å²) in [5.74, 6) is -2.69. The largest absolute Gasteiger partial charge is 1.00 e. The normalized spacial score (nSPS) is 11.6. The summed E-state index contributed by atoms with van der Waals surface area (Å²) in [5.41, 5.74) is -0.588. The Labute approximate surface area is 480 Å². The first kappa shape index (κ1) is 66.5. The average molecular weight is 1070 g/mol. The van der Waals surface area contributed by atoms with E-state index in [2.05, 4.69) is 61.8 Å². The number of hydrogen-bond acceptors (Lipinski definition) is 28. The van der Waals surface area contributed by atoms with Gasteiger partial charge in [0.2, 0.25) is 35.7 Å². The first-order valence-electron chi connectivity index (χ1n) is 18.3. The van der Waals surface area contributed by atoms with Crippen LogP contribution in [0.4, 0.5) is 47.1 Å². The number of anilines is 8. The van der Waals surface area contributed by atoms with E-state index in [1.807, 2.05) is 0 Å². The molecule has 352 valence electrons. The molecule has 68 heavy (non-hydrogen) atoms. The van der Waals surface area contributed by atoms with E-state index in [0.717, 1.165) is 24.3 Å². The number of aliphatic hydroxyl groups is 2. The molecular weight excluding hydrogens is 1030 g/mol. The van der Waals surface area contributed by atoms with Gasteiger partial charge in [-0.1, -0.05) is 24.3 Å². The summed E-state index contributed by atoms with van der Waals surface area (Å²) in [6, 6.07) is 6.77. The van der Waals surface area contributed by atoms with E-state index in [-0.39, 0.29) is 242 Å². The van der Waals surface area contributed by atoms with Gasteiger partial charge in [-0.05, 0) is 35.4 Å². The second-order valence-electron chi connectivity index (χ2n) is 12.5. The Morgan fingerprint density at radius 3 is 1.07 bits per heavy atom. The Balaban J connectivity index is 0.0000112. The molecule has 0 atom stereocenters. The number of benzene rings is 2. The van der Waals surface area contributed by atoms with Crippen molar-refractivity contribution in [3.63, 3.8) is 0 Å². The number of hydrogen-bond donors (Lipinski definition) is 8. The average Bonchev–Trinajstić information content (AvgIpc) is 3.19. The van der Waals surface area contributed by atoms with Crippen molar-refractivity contribution in [3.05, 3.63) is 47.5 Å². The number of ether oxygens (including phenoxy) is 2. The molecule has 0 fully saturated rings. The molecule has 28 nitrogen and oxygen atoms in total. The second kappa shape index (κ2) is 31.8. The molecule has 0 saturated heterocycles. The molecule has 0 aliphatic carbocycles. The summed E-state index contributed by atoms with van der Waals surface area (Å²) in [6.45, 7) is -0.596. The fourth-order valence-electron chi connectivity index (χ4n) is 4.93. The molecule has 0 bridgehead atoms. The number of rotatable bonds is 28. The smallest absolute Gasteiger partial charge is 0.748 e. The summed E-state index contributed by atoms with van der Waals surface area (Å²) >= 11 is 0. The summed E-state index contributed by atoms with van der Waals surface area (Å²) < 4.78 is 151. The summed E-state index contributed by atoms with van der Waals surface area (Å²) in [7, 11) is -19.7. The zero-order valence-corrected chi connectivity index (χ0v) is 48.3. The van der Waals surface area contributed by atoms with Crippen LogP contribution in [0.3, 0.4) is 0 Å². The molecule has 8 N–H and O–H groups in total. The monoisotopic (exact) mass is 1070 g/mol. The zero-order chi connectivity index (χ0) is 47.0. The van der Waals surface area contributed by atoms with Crippen LogP contribution in [-0.4, -0.2) is 169 Å². The molecule has 4 aromatic rings. The maximum absolute atomic E-state index is 12.4. The molecular formula is C32H40N12Na4O16S4. The molecule has 36 heteroatoms. The van der Waals surface area contributed by atoms with E-state index in [0.29, 0.717) is 0 Å². The maximum Gasteiger partial charge on any atom is 1.00 e. The van der Waals surface area contributed by atoms with Crippen molar-refractivity contribution in [2.45, 2.75) is 9.79 Å². The molecule has 0 unspecified atom stereocenters. The van der Waals surface area contributed by atoms with Gasteiger partial charge in [-0.15, -0.1) is 0 Å². The fourth-order valence-corrected chi connectivity index (χ4v) is 7.03. The minimum Gasteiger partial charge on any atom is -0.748 e. The summed E-state index contributed by atoms with van der Waals surface area (Å²) in [6.07, 6.45) is 2.13. The predicted molar refractivity (Wildman–Crippen MR) is 223 cm³/mol. The second-order valence-corrected chi connectivity index (χ2v) is 18.3. The van der Waals surface area contributed by atoms with Crippen LogP contribution in [0, 0.1) is 0 Å². The third-order valence-electron chi connectivity index (χ3n) is 7.59. The summed E-state index contributed by atoms with van der Waals surface area (Å²) in [4.78, 5) is 23.0. The molecule has 0 amide bonds. The van der Waals surface area contributed by atoms with Crippen molar-refractivity contribution in [2.24, 2.45) is 0 Å². The van der Waals surface area contributed by atoms with Crippen molar-refractivity contribution >= 4 is 99.7 Å². The van der Waals surface area contributed by atoms with E-state index in [9.17, 15) is 51.9 Å². The molecule has 2 aromatic carbocycles. The van der Waals surface area contributed by atoms with Crippen LogP contribution in [0.2, 0.25) is 0 Å². The van der Waals surface area contributed by atoms with Crippen LogP contribution >= 0.6 is 0 Å². The third-order valence-corrected chi connectivity index (χ3v) is 10.8. The van der Waals surface area contributed by atoms with Gasteiger partial charge in [-0.3, -0.25) is 0 Å². The third kappa shape index (κ3) is 25.2. The topological polar surface area (TPSA) is 437 Å². The SMILES string of the molecule is O=S(=O)([O-])CCNc1nc(NCCOCCO)nc(Nc2ccc(/C=C/c3ccc(Nc4nc(NCCOCCO)nc(NCCS(=O)(=O)[O-])n4)cc3S(=O)(=O)[O-])c(S(=O)(=O)[O-])c2)n1.[Na+].[Na+].[Na+].[Na+]. The molecule has 0 aliphatic rings. The fraction of sp³-hybridized carbons (Fsp3) is 0.375. The summed E-state index contributed by atoms with van der Waals surface area (Å²) in [5, 5.41) is 33.9. The maximum atomic E-state index is 12.4. The van der Waals surface area contributed by atoms with Crippen LogP contribution in [0.25, 0.3) is 12.2 Å². The van der Waals surface area contributed by atoms with Crippen LogP contribution in [0.5, 0.6) is 0 Å². The molecule has 2 heterocycles.